The molecule has 0 aliphatic carbocycles. The molecule has 0 radical (unpaired) electrons. The molecule has 1 aromatic heterocycles. The molecule has 1 amide bonds. The number of ketones is 1. The van der Waals surface area contributed by atoms with Crippen molar-refractivity contribution in [2.24, 2.45) is 0 Å². The summed E-state index contributed by atoms with van der Waals surface area (Å²) in [7, 11) is 2.10. The number of hydrogen-bond acceptors (Lipinski definition) is 6. The monoisotopic (exact) mass is 472 g/mol. The van der Waals surface area contributed by atoms with Gasteiger partial charge in [-0.1, -0.05) is 0 Å². The van der Waals surface area contributed by atoms with Crippen molar-refractivity contribution < 1.29 is 19.1 Å². The normalized spacial score (nSPS) is 20.5. The molecule has 0 bridgehead atoms. The number of anilines is 2. The third kappa shape index (κ3) is 4.28. The van der Waals surface area contributed by atoms with Gasteiger partial charge in [-0.05, 0) is 73.3 Å². The summed E-state index contributed by atoms with van der Waals surface area (Å²) in [5.74, 6) is -2.34. The second-order valence-corrected chi connectivity index (χ2v) is 8.76. The van der Waals surface area contributed by atoms with Crippen LogP contribution < -0.4 is 9.80 Å². The van der Waals surface area contributed by atoms with Gasteiger partial charge in [0.05, 0.1) is 11.6 Å². The molecule has 2 aliphatic rings. The Kier molecular flexibility index (Phi) is 6.05. The number of pyridine rings is 1. The first-order valence-electron chi connectivity index (χ1n) is 11.4. The largest absolute Gasteiger partial charge is 0.507 e. The van der Waals surface area contributed by atoms with Crippen molar-refractivity contribution in [3.63, 3.8) is 0 Å². The summed E-state index contributed by atoms with van der Waals surface area (Å²) in [5.41, 5.74) is 2.44. The topological polar surface area (TPSA) is 77.0 Å². The van der Waals surface area contributed by atoms with Crippen LogP contribution in [0.1, 0.15) is 17.2 Å². The predicted octanol–water partition coefficient (Wildman–Crippen LogP) is 3.60. The molecule has 0 spiro atoms. The van der Waals surface area contributed by atoms with E-state index in [-0.39, 0.29) is 16.9 Å². The van der Waals surface area contributed by atoms with E-state index < -0.39 is 23.5 Å². The lowest BCUT2D eigenvalue weighted by atomic mass is 9.96. The first-order chi connectivity index (χ1) is 16.9. The number of halogens is 1. The van der Waals surface area contributed by atoms with E-state index in [4.69, 9.17) is 0 Å². The molecule has 1 N–H and O–H groups in total. The standard InChI is InChI=1S/C27H25FN4O3/c1-30-14-16-31(17-15-30)21-6-8-22(9-7-21)32-24(18-10-12-29-13-11-18)23(26(34)27(32)35)25(33)19-2-4-20(28)5-3-19/h2-13,24,33H,14-17H2,1H3/b25-23+. The fourth-order valence-corrected chi connectivity index (χ4v) is 4.61. The van der Waals surface area contributed by atoms with Crippen LogP contribution in [0.3, 0.4) is 0 Å². The van der Waals surface area contributed by atoms with Gasteiger partial charge < -0.3 is 14.9 Å². The van der Waals surface area contributed by atoms with Crippen molar-refractivity contribution >= 4 is 28.8 Å². The number of aliphatic hydroxyl groups excluding tert-OH is 1. The van der Waals surface area contributed by atoms with E-state index in [1.54, 1.807) is 24.5 Å². The van der Waals surface area contributed by atoms with Gasteiger partial charge in [-0.3, -0.25) is 19.5 Å². The third-order valence-corrected chi connectivity index (χ3v) is 6.58. The van der Waals surface area contributed by atoms with Gasteiger partial charge >= 0.3 is 0 Å². The van der Waals surface area contributed by atoms with Crippen LogP contribution in [0.5, 0.6) is 0 Å². The molecule has 8 heteroatoms. The van der Waals surface area contributed by atoms with Crippen LogP contribution in [0, 0.1) is 5.82 Å². The number of amides is 1. The van der Waals surface area contributed by atoms with E-state index in [1.165, 1.54) is 29.2 Å². The Morgan fingerprint density at radius 2 is 1.49 bits per heavy atom. The summed E-state index contributed by atoms with van der Waals surface area (Å²) in [6.07, 6.45) is 3.15. The first-order valence-corrected chi connectivity index (χ1v) is 11.4. The predicted molar refractivity (Wildman–Crippen MR) is 132 cm³/mol. The van der Waals surface area contributed by atoms with Crippen LogP contribution in [-0.2, 0) is 9.59 Å². The van der Waals surface area contributed by atoms with Crippen molar-refractivity contribution in [3.8, 4) is 0 Å². The van der Waals surface area contributed by atoms with Gasteiger partial charge in [-0.25, -0.2) is 4.39 Å². The zero-order valence-electron chi connectivity index (χ0n) is 19.3. The lowest BCUT2D eigenvalue weighted by Gasteiger charge is -2.34. The van der Waals surface area contributed by atoms with Gasteiger partial charge in [-0.2, -0.15) is 0 Å². The Balaban J connectivity index is 1.56. The Bertz CT molecular complexity index is 1270. The summed E-state index contributed by atoms with van der Waals surface area (Å²) in [6.45, 7) is 3.77. The number of carbonyl (C=O) groups excluding carboxylic acids is 2. The molecule has 3 aromatic rings. The maximum atomic E-state index is 13.4. The highest BCUT2D eigenvalue weighted by Crippen LogP contribution is 2.42. The minimum Gasteiger partial charge on any atom is -0.507 e. The van der Waals surface area contributed by atoms with Gasteiger partial charge in [0.2, 0.25) is 0 Å². The lowest BCUT2D eigenvalue weighted by molar-refractivity contribution is -0.132. The molecule has 2 saturated heterocycles. The first kappa shape index (κ1) is 22.7. The minimum atomic E-state index is -0.850. The van der Waals surface area contributed by atoms with E-state index in [1.807, 2.05) is 24.3 Å². The molecule has 7 nitrogen and oxygen atoms in total. The lowest BCUT2D eigenvalue weighted by Crippen LogP contribution is -2.44. The number of Topliss-reactive ketones (excluding diaryl/α,β-unsaturated/α-hetero) is 1. The van der Waals surface area contributed by atoms with E-state index in [2.05, 4.69) is 21.8 Å². The highest BCUT2D eigenvalue weighted by molar-refractivity contribution is 6.51. The second-order valence-electron chi connectivity index (χ2n) is 8.76. The molecular formula is C27H25FN4O3. The Morgan fingerprint density at radius 1 is 0.886 bits per heavy atom. The highest BCUT2D eigenvalue weighted by atomic mass is 19.1. The molecule has 1 atom stereocenters. The fourth-order valence-electron chi connectivity index (χ4n) is 4.61. The van der Waals surface area contributed by atoms with E-state index in [9.17, 15) is 19.1 Å². The summed E-state index contributed by atoms with van der Waals surface area (Å²) >= 11 is 0. The number of likely N-dealkylation sites (N-methyl/N-ethyl adjacent to an activating group) is 1. The highest BCUT2D eigenvalue weighted by Gasteiger charge is 2.47. The molecule has 2 aromatic carbocycles. The molecule has 3 heterocycles. The van der Waals surface area contributed by atoms with Gasteiger partial charge in [0.15, 0.2) is 0 Å². The minimum absolute atomic E-state index is 0.0454. The number of rotatable bonds is 4. The second kappa shape index (κ2) is 9.31. The van der Waals surface area contributed by atoms with Crippen molar-refractivity contribution in [1.82, 2.24) is 9.88 Å². The molecular weight excluding hydrogens is 447 g/mol. The maximum Gasteiger partial charge on any atom is 0.300 e. The van der Waals surface area contributed by atoms with Crippen molar-refractivity contribution in [3.05, 3.63) is 95.6 Å². The Hall–Kier alpha value is -4.04. The number of nitrogens with zero attached hydrogens (tertiary/aromatic N) is 4. The quantitative estimate of drug-likeness (QED) is 0.355. The average Bonchev–Trinajstić information content (AvgIpc) is 3.15. The van der Waals surface area contributed by atoms with Gasteiger partial charge in [0, 0.05) is 55.5 Å². The zero-order valence-corrected chi connectivity index (χ0v) is 19.3. The molecule has 5 rings (SSSR count). The van der Waals surface area contributed by atoms with Crippen LogP contribution >= 0.6 is 0 Å². The number of aliphatic hydroxyl groups is 1. The van der Waals surface area contributed by atoms with Crippen LogP contribution in [0.2, 0.25) is 0 Å². The third-order valence-electron chi connectivity index (χ3n) is 6.58. The molecule has 2 aliphatic heterocycles. The van der Waals surface area contributed by atoms with E-state index in [0.29, 0.717) is 11.3 Å². The average molecular weight is 473 g/mol. The SMILES string of the molecule is CN1CCN(c2ccc(N3C(=O)C(=O)/C(=C(/O)c4ccc(F)cc4)C3c3ccncc3)cc2)CC1. The summed E-state index contributed by atoms with van der Waals surface area (Å²) in [5, 5.41) is 11.1. The smallest absolute Gasteiger partial charge is 0.300 e. The Morgan fingerprint density at radius 3 is 2.11 bits per heavy atom. The maximum absolute atomic E-state index is 13.4. The Labute approximate surface area is 202 Å². The number of hydrogen-bond donors (Lipinski definition) is 1. The summed E-state index contributed by atoms with van der Waals surface area (Å²) in [4.78, 5) is 36.4. The van der Waals surface area contributed by atoms with Gasteiger partial charge in [0.1, 0.15) is 11.6 Å². The van der Waals surface area contributed by atoms with Gasteiger partial charge in [0.25, 0.3) is 11.7 Å². The summed E-state index contributed by atoms with van der Waals surface area (Å²) in [6, 6.07) is 15.3. The summed E-state index contributed by atoms with van der Waals surface area (Å²) < 4.78 is 13.4. The van der Waals surface area contributed by atoms with Crippen molar-refractivity contribution in [2.75, 3.05) is 43.0 Å². The number of carbonyl (C=O) groups is 2. The van der Waals surface area contributed by atoms with Crippen LogP contribution in [-0.4, -0.2) is 59.9 Å². The van der Waals surface area contributed by atoms with Crippen molar-refractivity contribution in [2.45, 2.75) is 6.04 Å². The van der Waals surface area contributed by atoms with Crippen LogP contribution in [0.15, 0.2) is 78.6 Å². The molecule has 35 heavy (non-hydrogen) atoms. The van der Waals surface area contributed by atoms with E-state index in [0.717, 1.165) is 31.9 Å². The van der Waals surface area contributed by atoms with Gasteiger partial charge in [-0.15, -0.1) is 0 Å². The number of benzene rings is 2. The zero-order chi connectivity index (χ0) is 24.5. The van der Waals surface area contributed by atoms with Crippen molar-refractivity contribution in [1.29, 1.82) is 0 Å². The molecule has 2 fully saturated rings. The van der Waals surface area contributed by atoms with Crippen LogP contribution in [0.25, 0.3) is 5.76 Å². The van der Waals surface area contributed by atoms with E-state index >= 15 is 0 Å². The fraction of sp³-hybridized carbons (Fsp3) is 0.222. The number of aromatic nitrogens is 1. The number of piperazine rings is 1. The molecule has 1 unspecified atom stereocenters. The molecule has 0 saturated carbocycles. The molecule has 178 valence electrons. The van der Waals surface area contributed by atoms with Crippen LogP contribution in [0.4, 0.5) is 15.8 Å².